The molecule has 3 rings (SSSR count). The summed E-state index contributed by atoms with van der Waals surface area (Å²) in [6.07, 6.45) is 0. The van der Waals surface area contributed by atoms with Gasteiger partial charge in [0.2, 0.25) is 10.0 Å². The Bertz CT molecular complexity index is 1100. The van der Waals surface area contributed by atoms with Crippen LogP contribution in [0.2, 0.25) is 5.02 Å². The predicted molar refractivity (Wildman–Crippen MR) is 111 cm³/mol. The highest BCUT2D eigenvalue weighted by molar-refractivity contribution is 7.89. The number of para-hydroxylation sites is 1. The highest BCUT2D eigenvalue weighted by Crippen LogP contribution is 2.23. The minimum Gasteiger partial charge on any atom is -0.321 e. The van der Waals surface area contributed by atoms with Gasteiger partial charge in [0.1, 0.15) is 0 Å². The molecule has 0 aliphatic carbocycles. The van der Waals surface area contributed by atoms with E-state index < -0.39 is 15.9 Å². The fraction of sp³-hybridized carbons (Fsp3) is 0.0952. The number of benzene rings is 3. The number of sulfonamides is 1. The summed E-state index contributed by atoms with van der Waals surface area (Å²) in [5.41, 5.74) is 2.23. The molecule has 0 fully saturated rings. The van der Waals surface area contributed by atoms with Gasteiger partial charge in [0, 0.05) is 12.1 Å². The first-order valence-corrected chi connectivity index (χ1v) is 10.4. The largest absolute Gasteiger partial charge is 0.321 e. The van der Waals surface area contributed by atoms with E-state index in [1.54, 1.807) is 37.3 Å². The molecular formula is C21H19ClN2O3S. The van der Waals surface area contributed by atoms with Gasteiger partial charge in [0.05, 0.1) is 15.6 Å². The van der Waals surface area contributed by atoms with Crippen LogP contribution in [-0.2, 0) is 16.6 Å². The monoisotopic (exact) mass is 414 g/mol. The number of carbonyl (C=O) groups excluding carboxylic acids is 1. The standard InChI is InChI=1S/C21H19ClN2O3S/c1-15-11-12-17(28(26,27)23-14-16-7-3-2-4-8-16)13-18(15)21(25)24-20-10-6-5-9-19(20)22/h2-13,23H,14H2,1H3,(H,24,25). The molecule has 0 saturated carbocycles. The summed E-state index contributed by atoms with van der Waals surface area (Å²) in [4.78, 5) is 12.7. The van der Waals surface area contributed by atoms with Crippen molar-refractivity contribution in [2.75, 3.05) is 5.32 Å². The summed E-state index contributed by atoms with van der Waals surface area (Å²) in [6.45, 7) is 1.91. The maximum atomic E-state index is 12.7. The molecule has 0 bridgehead atoms. The lowest BCUT2D eigenvalue weighted by Crippen LogP contribution is -2.24. The third-order valence-electron chi connectivity index (χ3n) is 4.20. The summed E-state index contributed by atoms with van der Waals surface area (Å²) in [5.74, 6) is -0.425. The van der Waals surface area contributed by atoms with E-state index in [1.807, 2.05) is 30.3 Å². The molecule has 0 aromatic heterocycles. The number of anilines is 1. The fourth-order valence-electron chi connectivity index (χ4n) is 2.62. The van der Waals surface area contributed by atoms with E-state index in [-0.39, 0.29) is 17.0 Å². The van der Waals surface area contributed by atoms with Crippen molar-refractivity contribution in [1.29, 1.82) is 0 Å². The number of hydrogen-bond acceptors (Lipinski definition) is 3. The molecule has 0 aliphatic rings. The molecule has 3 aromatic rings. The molecule has 0 heterocycles. The van der Waals surface area contributed by atoms with Gasteiger partial charge < -0.3 is 5.32 Å². The topological polar surface area (TPSA) is 75.3 Å². The van der Waals surface area contributed by atoms with Crippen LogP contribution in [0.1, 0.15) is 21.5 Å². The van der Waals surface area contributed by atoms with Crippen LogP contribution in [0.15, 0.2) is 77.7 Å². The Morgan fingerprint density at radius 1 is 0.964 bits per heavy atom. The number of aryl methyl sites for hydroxylation is 1. The minimum atomic E-state index is -3.77. The summed E-state index contributed by atoms with van der Waals surface area (Å²) in [7, 11) is -3.77. The van der Waals surface area contributed by atoms with Gasteiger partial charge in [-0.25, -0.2) is 13.1 Å². The molecule has 0 radical (unpaired) electrons. The number of amides is 1. The van der Waals surface area contributed by atoms with Crippen LogP contribution >= 0.6 is 11.6 Å². The van der Waals surface area contributed by atoms with Crippen molar-refractivity contribution < 1.29 is 13.2 Å². The molecule has 0 aliphatic heterocycles. The van der Waals surface area contributed by atoms with Gasteiger partial charge in [-0.15, -0.1) is 0 Å². The van der Waals surface area contributed by atoms with E-state index in [4.69, 9.17) is 11.6 Å². The summed E-state index contributed by atoms with van der Waals surface area (Å²) >= 11 is 6.08. The van der Waals surface area contributed by atoms with Gasteiger partial charge in [0.15, 0.2) is 0 Å². The van der Waals surface area contributed by atoms with Gasteiger partial charge in [-0.2, -0.15) is 0 Å². The quantitative estimate of drug-likeness (QED) is 0.628. The first kappa shape index (κ1) is 20.1. The molecule has 2 N–H and O–H groups in total. The molecule has 28 heavy (non-hydrogen) atoms. The zero-order valence-electron chi connectivity index (χ0n) is 15.1. The Labute approximate surface area is 169 Å². The number of halogens is 1. The van der Waals surface area contributed by atoms with E-state index in [9.17, 15) is 13.2 Å². The molecular weight excluding hydrogens is 396 g/mol. The number of carbonyl (C=O) groups is 1. The van der Waals surface area contributed by atoms with Crippen LogP contribution in [0.5, 0.6) is 0 Å². The van der Waals surface area contributed by atoms with Crippen molar-refractivity contribution in [3.63, 3.8) is 0 Å². The molecule has 3 aromatic carbocycles. The van der Waals surface area contributed by atoms with Crippen LogP contribution in [-0.4, -0.2) is 14.3 Å². The molecule has 7 heteroatoms. The van der Waals surface area contributed by atoms with E-state index in [1.165, 1.54) is 12.1 Å². The normalized spacial score (nSPS) is 11.2. The average Bonchev–Trinajstić information content (AvgIpc) is 2.69. The Balaban J connectivity index is 1.82. The molecule has 0 saturated heterocycles. The zero-order valence-corrected chi connectivity index (χ0v) is 16.7. The molecule has 0 unspecified atom stereocenters. The second-order valence-corrected chi connectivity index (χ2v) is 8.40. The third-order valence-corrected chi connectivity index (χ3v) is 5.92. The van der Waals surface area contributed by atoms with Crippen molar-refractivity contribution in [2.45, 2.75) is 18.4 Å². The van der Waals surface area contributed by atoms with Crippen LogP contribution < -0.4 is 10.0 Å². The van der Waals surface area contributed by atoms with Crippen molar-refractivity contribution in [3.05, 3.63) is 94.5 Å². The van der Waals surface area contributed by atoms with E-state index in [0.717, 1.165) is 5.56 Å². The first-order valence-electron chi connectivity index (χ1n) is 8.57. The maximum absolute atomic E-state index is 12.7. The van der Waals surface area contributed by atoms with Crippen LogP contribution in [0.25, 0.3) is 0 Å². The van der Waals surface area contributed by atoms with Crippen molar-refractivity contribution in [1.82, 2.24) is 4.72 Å². The van der Waals surface area contributed by atoms with Gasteiger partial charge in [0.25, 0.3) is 5.91 Å². The van der Waals surface area contributed by atoms with Crippen LogP contribution in [0, 0.1) is 6.92 Å². The SMILES string of the molecule is Cc1ccc(S(=O)(=O)NCc2ccccc2)cc1C(=O)Nc1ccccc1Cl. The number of nitrogens with one attached hydrogen (secondary N) is 2. The number of hydrogen-bond donors (Lipinski definition) is 2. The molecule has 144 valence electrons. The summed E-state index contributed by atoms with van der Waals surface area (Å²) in [6, 6.07) is 20.5. The van der Waals surface area contributed by atoms with E-state index in [2.05, 4.69) is 10.0 Å². The van der Waals surface area contributed by atoms with Gasteiger partial charge in [-0.1, -0.05) is 60.1 Å². The van der Waals surface area contributed by atoms with Crippen LogP contribution in [0.3, 0.4) is 0 Å². The Morgan fingerprint density at radius 3 is 2.36 bits per heavy atom. The Hall–Kier alpha value is -2.67. The lowest BCUT2D eigenvalue weighted by atomic mass is 10.1. The second kappa shape index (κ2) is 8.56. The molecule has 1 amide bonds. The zero-order chi connectivity index (χ0) is 20.1. The third kappa shape index (κ3) is 4.78. The smallest absolute Gasteiger partial charge is 0.256 e. The lowest BCUT2D eigenvalue weighted by Gasteiger charge is -2.12. The second-order valence-electron chi connectivity index (χ2n) is 6.22. The van der Waals surface area contributed by atoms with Gasteiger partial charge in [-0.3, -0.25) is 4.79 Å². The van der Waals surface area contributed by atoms with Crippen LogP contribution in [0.4, 0.5) is 5.69 Å². The van der Waals surface area contributed by atoms with Gasteiger partial charge >= 0.3 is 0 Å². The minimum absolute atomic E-state index is 0.0262. The molecule has 0 spiro atoms. The van der Waals surface area contributed by atoms with E-state index >= 15 is 0 Å². The Kier molecular flexibility index (Phi) is 6.14. The molecule has 0 atom stereocenters. The average molecular weight is 415 g/mol. The van der Waals surface area contributed by atoms with Crippen molar-refractivity contribution in [2.24, 2.45) is 0 Å². The first-order chi connectivity index (χ1) is 13.4. The van der Waals surface area contributed by atoms with Crippen molar-refractivity contribution in [3.8, 4) is 0 Å². The Morgan fingerprint density at radius 2 is 1.64 bits per heavy atom. The highest BCUT2D eigenvalue weighted by atomic mass is 35.5. The lowest BCUT2D eigenvalue weighted by molar-refractivity contribution is 0.102. The van der Waals surface area contributed by atoms with Crippen molar-refractivity contribution >= 4 is 33.2 Å². The number of rotatable bonds is 6. The summed E-state index contributed by atoms with van der Waals surface area (Å²) < 4.78 is 27.8. The van der Waals surface area contributed by atoms with Gasteiger partial charge in [-0.05, 0) is 42.3 Å². The fourth-order valence-corrected chi connectivity index (χ4v) is 3.85. The maximum Gasteiger partial charge on any atom is 0.256 e. The highest BCUT2D eigenvalue weighted by Gasteiger charge is 2.18. The van der Waals surface area contributed by atoms with E-state index in [0.29, 0.717) is 16.3 Å². The molecule has 5 nitrogen and oxygen atoms in total. The summed E-state index contributed by atoms with van der Waals surface area (Å²) in [5, 5.41) is 3.12. The predicted octanol–water partition coefficient (Wildman–Crippen LogP) is 4.38.